The molecule has 0 bridgehead atoms. The maximum absolute atomic E-state index is 9.07. The van der Waals surface area contributed by atoms with Crippen molar-refractivity contribution in [2.24, 2.45) is 0 Å². The van der Waals surface area contributed by atoms with Crippen molar-refractivity contribution in [3.8, 4) is 11.8 Å². The summed E-state index contributed by atoms with van der Waals surface area (Å²) in [5.74, 6) is 0.676. The van der Waals surface area contributed by atoms with Crippen LogP contribution in [0.4, 0.5) is 0 Å². The molecule has 1 fully saturated rings. The van der Waals surface area contributed by atoms with E-state index in [0.29, 0.717) is 17.9 Å². The van der Waals surface area contributed by atoms with Gasteiger partial charge in [-0.3, -0.25) is 14.8 Å². The number of ether oxygens (including phenoxy) is 1. The average Bonchev–Trinajstić information content (AvgIpc) is 2.64. The van der Waals surface area contributed by atoms with Gasteiger partial charge in [-0.2, -0.15) is 5.26 Å². The molecular weight excluding hydrogens is 300 g/mol. The van der Waals surface area contributed by atoms with Crippen LogP contribution in [0.3, 0.4) is 0 Å². The monoisotopic (exact) mass is 322 g/mol. The SMILES string of the molecule is N#Cc1ccccc1OCCN1CCN(Cc2cccnc2)CC1. The van der Waals surface area contributed by atoms with E-state index in [1.807, 2.05) is 36.7 Å². The predicted molar refractivity (Wildman–Crippen MR) is 92.6 cm³/mol. The smallest absolute Gasteiger partial charge is 0.137 e. The summed E-state index contributed by atoms with van der Waals surface area (Å²) in [6.45, 7) is 6.68. The molecule has 0 spiro atoms. The lowest BCUT2D eigenvalue weighted by atomic mass is 10.2. The van der Waals surface area contributed by atoms with Gasteiger partial charge >= 0.3 is 0 Å². The molecule has 0 atom stereocenters. The number of piperazine rings is 1. The summed E-state index contributed by atoms with van der Waals surface area (Å²) in [5.41, 5.74) is 1.86. The molecule has 124 valence electrons. The van der Waals surface area contributed by atoms with Crippen molar-refractivity contribution >= 4 is 0 Å². The van der Waals surface area contributed by atoms with Gasteiger partial charge in [-0.05, 0) is 23.8 Å². The zero-order valence-corrected chi connectivity index (χ0v) is 13.8. The maximum atomic E-state index is 9.07. The van der Waals surface area contributed by atoms with Gasteiger partial charge in [0, 0.05) is 51.7 Å². The molecule has 0 aliphatic carbocycles. The van der Waals surface area contributed by atoms with Crippen molar-refractivity contribution in [1.82, 2.24) is 14.8 Å². The Morgan fingerprint density at radius 3 is 2.58 bits per heavy atom. The minimum Gasteiger partial charge on any atom is -0.491 e. The fourth-order valence-electron chi connectivity index (χ4n) is 2.89. The summed E-state index contributed by atoms with van der Waals surface area (Å²) < 4.78 is 5.77. The van der Waals surface area contributed by atoms with E-state index in [4.69, 9.17) is 10.00 Å². The molecule has 3 rings (SSSR count). The van der Waals surface area contributed by atoms with Crippen LogP contribution in [-0.4, -0.2) is 54.1 Å². The van der Waals surface area contributed by atoms with Gasteiger partial charge in [0.05, 0.1) is 5.56 Å². The minimum atomic E-state index is 0.596. The molecular formula is C19H22N4O. The summed E-state index contributed by atoms with van der Waals surface area (Å²) in [6, 6.07) is 13.7. The van der Waals surface area contributed by atoms with E-state index in [1.54, 1.807) is 6.07 Å². The molecule has 5 heteroatoms. The number of pyridine rings is 1. The first-order chi connectivity index (χ1) is 11.8. The first-order valence-corrected chi connectivity index (χ1v) is 8.31. The van der Waals surface area contributed by atoms with Gasteiger partial charge in [-0.15, -0.1) is 0 Å². The highest BCUT2D eigenvalue weighted by Crippen LogP contribution is 2.16. The Labute approximate surface area is 143 Å². The molecule has 5 nitrogen and oxygen atoms in total. The highest BCUT2D eigenvalue weighted by atomic mass is 16.5. The third-order valence-electron chi connectivity index (χ3n) is 4.27. The van der Waals surface area contributed by atoms with E-state index in [1.165, 1.54) is 5.56 Å². The lowest BCUT2D eigenvalue weighted by molar-refractivity contribution is 0.112. The molecule has 0 N–H and O–H groups in total. The molecule has 2 heterocycles. The third kappa shape index (κ3) is 4.54. The number of hydrogen-bond donors (Lipinski definition) is 0. The first-order valence-electron chi connectivity index (χ1n) is 8.31. The fourth-order valence-corrected chi connectivity index (χ4v) is 2.89. The van der Waals surface area contributed by atoms with Crippen molar-refractivity contribution in [3.05, 3.63) is 59.9 Å². The third-order valence-corrected chi connectivity index (χ3v) is 4.27. The van der Waals surface area contributed by atoms with Crippen LogP contribution in [0.25, 0.3) is 0 Å². The molecule has 1 aromatic heterocycles. The maximum Gasteiger partial charge on any atom is 0.137 e. The summed E-state index contributed by atoms with van der Waals surface area (Å²) in [7, 11) is 0. The molecule has 0 unspecified atom stereocenters. The summed E-state index contributed by atoms with van der Waals surface area (Å²) in [6.07, 6.45) is 3.75. The summed E-state index contributed by atoms with van der Waals surface area (Å²) in [5, 5.41) is 9.07. The van der Waals surface area contributed by atoms with Gasteiger partial charge < -0.3 is 4.74 Å². The standard InChI is InChI=1S/C19H22N4O/c20-14-18-5-1-2-6-19(18)24-13-12-22-8-10-23(11-9-22)16-17-4-3-7-21-15-17/h1-7,15H,8-13,16H2. The van der Waals surface area contributed by atoms with Crippen LogP contribution in [0.5, 0.6) is 5.75 Å². The van der Waals surface area contributed by atoms with E-state index in [2.05, 4.69) is 26.9 Å². The number of rotatable bonds is 6. The number of nitrogens with zero attached hydrogens (tertiary/aromatic N) is 4. The van der Waals surface area contributed by atoms with Crippen molar-refractivity contribution in [1.29, 1.82) is 5.26 Å². The van der Waals surface area contributed by atoms with E-state index in [-0.39, 0.29) is 0 Å². The second kappa shape index (κ2) is 8.44. The van der Waals surface area contributed by atoms with Gasteiger partial charge in [-0.1, -0.05) is 18.2 Å². The molecule has 1 aliphatic heterocycles. The number of nitriles is 1. The molecule has 0 saturated carbocycles. The Balaban J connectivity index is 1.39. The van der Waals surface area contributed by atoms with Crippen molar-refractivity contribution in [3.63, 3.8) is 0 Å². The summed E-state index contributed by atoms with van der Waals surface area (Å²) in [4.78, 5) is 9.04. The Kier molecular flexibility index (Phi) is 5.78. The Hall–Kier alpha value is -2.42. The van der Waals surface area contributed by atoms with Gasteiger partial charge in [0.1, 0.15) is 18.4 Å². The van der Waals surface area contributed by atoms with Crippen molar-refractivity contribution < 1.29 is 4.74 Å². The topological polar surface area (TPSA) is 52.4 Å². The van der Waals surface area contributed by atoms with Crippen LogP contribution >= 0.6 is 0 Å². The van der Waals surface area contributed by atoms with Crippen LogP contribution in [-0.2, 0) is 6.54 Å². The quantitative estimate of drug-likeness (QED) is 0.816. The molecule has 1 saturated heterocycles. The highest BCUT2D eigenvalue weighted by Gasteiger charge is 2.16. The van der Waals surface area contributed by atoms with Crippen LogP contribution in [0.2, 0.25) is 0 Å². The lowest BCUT2D eigenvalue weighted by Gasteiger charge is -2.34. The largest absolute Gasteiger partial charge is 0.491 e. The van der Waals surface area contributed by atoms with Crippen LogP contribution in [0, 0.1) is 11.3 Å². The highest BCUT2D eigenvalue weighted by molar-refractivity contribution is 5.42. The normalized spacial score (nSPS) is 15.8. The Morgan fingerprint density at radius 2 is 1.83 bits per heavy atom. The molecule has 1 aromatic carbocycles. The Bertz CT molecular complexity index is 675. The van der Waals surface area contributed by atoms with Crippen LogP contribution < -0.4 is 4.74 Å². The van der Waals surface area contributed by atoms with Gasteiger partial charge in [-0.25, -0.2) is 0 Å². The zero-order chi connectivity index (χ0) is 16.6. The molecule has 0 radical (unpaired) electrons. The lowest BCUT2D eigenvalue weighted by Crippen LogP contribution is -2.47. The van der Waals surface area contributed by atoms with Crippen molar-refractivity contribution in [2.75, 3.05) is 39.3 Å². The van der Waals surface area contributed by atoms with Crippen LogP contribution in [0.15, 0.2) is 48.8 Å². The van der Waals surface area contributed by atoms with Gasteiger partial charge in [0.15, 0.2) is 0 Å². The first kappa shape index (κ1) is 16.4. The predicted octanol–water partition coefficient (Wildman–Crippen LogP) is 2.15. The number of aromatic nitrogens is 1. The number of hydrogen-bond acceptors (Lipinski definition) is 5. The van der Waals surface area contributed by atoms with E-state index < -0.39 is 0 Å². The number of para-hydroxylation sites is 1. The van der Waals surface area contributed by atoms with E-state index in [0.717, 1.165) is 39.3 Å². The Morgan fingerprint density at radius 1 is 1.04 bits per heavy atom. The van der Waals surface area contributed by atoms with E-state index >= 15 is 0 Å². The van der Waals surface area contributed by atoms with Gasteiger partial charge in [0.2, 0.25) is 0 Å². The molecule has 1 aliphatic rings. The molecule has 0 amide bonds. The zero-order valence-electron chi connectivity index (χ0n) is 13.8. The summed E-state index contributed by atoms with van der Waals surface area (Å²) >= 11 is 0. The minimum absolute atomic E-state index is 0.596. The van der Waals surface area contributed by atoms with E-state index in [9.17, 15) is 0 Å². The van der Waals surface area contributed by atoms with Crippen LogP contribution in [0.1, 0.15) is 11.1 Å². The molecule has 2 aromatic rings. The fraction of sp³-hybridized carbons (Fsp3) is 0.368. The average molecular weight is 322 g/mol. The van der Waals surface area contributed by atoms with Gasteiger partial charge in [0.25, 0.3) is 0 Å². The second-order valence-corrected chi connectivity index (χ2v) is 5.94. The van der Waals surface area contributed by atoms with Crippen molar-refractivity contribution in [2.45, 2.75) is 6.54 Å². The second-order valence-electron chi connectivity index (χ2n) is 5.94. The molecule has 24 heavy (non-hydrogen) atoms. The number of benzene rings is 1.